The monoisotopic (exact) mass is 454 g/mol. The molecule has 3 atom stereocenters. The fourth-order valence-electron chi connectivity index (χ4n) is 3.50. The van der Waals surface area contributed by atoms with Crippen LogP contribution >= 0.6 is 0 Å². The highest BCUT2D eigenvalue weighted by atomic mass is 16.4. The number of carbonyl (C=O) groups is 5. The van der Waals surface area contributed by atoms with Crippen molar-refractivity contribution in [3.63, 3.8) is 0 Å². The topological polar surface area (TPSA) is 130 Å². The van der Waals surface area contributed by atoms with Crippen LogP contribution in [0.1, 0.15) is 50.4 Å². The van der Waals surface area contributed by atoms with Gasteiger partial charge in [0, 0.05) is 17.9 Å². The second kappa shape index (κ2) is 11.9. The molecule has 2 amide bonds. The minimum Gasteiger partial charge on any atom is -0.481 e. The largest absolute Gasteiger partial charge is 0.481 e. The van der Waals surface area contributed by atoms with Gasteiger partial charge in [0.05, 0.1) is 18.5 Å². The molecule has 2 aromatic carbocycles. The lowest BCUT2D eigenvalue weighted by Crippen LogP contribution is -2.44. The SMILES string of the molecule is CC(C)C[C@H](NC(=O)c1ccc2ccccc2c1)C(=O)CC(C)C(=O)N[C@H](C=O)CC(=O)O. The summed E-state index contributed by atoms with van der Waals surface area (Å²) >= 11 is 0. The summed E-state index contributed by atoms with van der Waals surface area (Å²) < 4.78 is 0. The number of fused-ring (bicyclic) bond motifs is 1. The Balaban J connectivity index is 2.07. The molecule has 1 unspecified atom stereocenters. The lowest BCUT2D eigenvalue weighted by molar-refractivity contribution is -0.139. The first-order valence-corrected chi connectivity index (χ1v) is 10.9. The first-order chi connectivity index (χ1) is 15.6. The minimum atomic E-state index is -1.22. The van der Waals surface area contributed by atoms with Crippen molar-refractivity contribution >= 4 is 40.6 Å². The zero-order chi connectivity index (χ0) is 24.5. The number of carbonyl (C=O) groups excluding carboxylic acids is 4. The fourth-order valence-corrected chi connectivity index (χ4v) is 3.50. The van der Waals surface area contributed by atoms with Crippen LogP contribution in [0.4, 0.5) is 0 Å². The minimum absolute atomic E-state index is 0.120. The van der Waals surface area contributed by atoms with E-state index in [1.54, 1.807) is 12.1 Å². The number of carboxylic acids is 1. The first-order valence-electron chi connectivity index (χ1n) is 10.9. The Morgan fingerprint density at radius 1 is 0.939 bits per heavy atom. The van der Waals surface area contributed by atoms with Crippen molar-refractivity contribution in [2.75, 3.05) is 0 Å². The Bertz CT molecular complexity index is 1030. The predicted octanol–water partition coefficient (Wildman–Crippen LogP) is 2.74. The van der Waals surface area contributed by atoms with Gasteiger partial charge < -0.3 is 20.5 Å². The summed E-state index contributed by atoms with van der Waals surface area (Å²) in [7, 11) is 0. The number of hydrogen-bond donors (Lipinski definition) is 3. The normalized spacial score (nSPS) is 13.7. The molecule has 8 heteroatoms. The van der Waals surface area contributed by atoms with E-state index in [1.165, 1.54) is 6.92 Å². The molecule has 0 aromatic heterocycles. The molecule has 0 aliphatic heterocycles. The van der Waals surface area contributed by atoms with E-state index in [0.717, 1.165) is 10.8 Å². The second-order valence-corrected chi connectivity index (χ2v) is 8.64. The summed E-state index contributed by atoms with van der Waals surface area (Å²) in [5.41, 5.74) is 0.434. The highest BCUT2D eigenvalue weighted by Crippen LogP contribution is 2.17. The van der Waals surface area contributed by atoms with Crippen LogP contribution in [-0.4, -0.2) is 47.0 Å². The van der Waals surface area contributed by atoms with Crippen molar-refractivity contribution < 1.29 is 29.1 Å². The molecular weight excluding hydrogens is 424 g/mol. The van der Waals surface area contributed by atoms with Crippen molar-refractivity contribution in [1.29, 1.82) is 0 Å². The van der Waals surface area contributed by atoms with Gasteiger partial charge in [-0.05, 0) is 35.2 Å². The van der Waals surface area contributed by atoms with E-state index in [9.17, 15) is 24.0 Å². The summed E-state index contributed by atoms with van der Waals surface area (Å²) in [4.78, 5) is 59.9. The molecule has 0 aliphatic carbocycles. The molecule has 3 N–H and O–H groups in total. The van der Waals surface area contributed by atoms with Gasteiger partial charge in [-0.25, -0.2) is 0 Å². The number of rotatable bonds is 12. The lowest BCUT2D eigenvalue weighted by atomic mass is 9.93. The molecule has 2 aromatic rings. The molecule has 0 saturated heterocycles. The van der Waals surface area contributed by atoms with Gasteiger partial charge in [-0.15, -0.1) is 0 Å². The van der Waals surface area contributed by atoms with E-state index in [0.29, 0.717) is 18.3 Å². The number of Topliss-reactive ketones (excluding diaryl/α,β-unsaturated/α-hetero) is 1. The quantitative estimate of drug-likeness (QED) is 0.423. The van der Waals surface area contributed by atoms with E-state index in [1.807, 2.05) is 44.2 Å². The number of aliphatic carboxylic acids is 1. The highest BCUT2D eigenvalue weighted by Gasteiger charge is 2.27. The highest BCUT2D eigenvalue weighted by molar-refractivity contribution is 6.01. The van der Waals surface area contributed by atoms with Crippen molar-refractivity contribution in [3.8, 4) is 0 Å². The smallest absolute Gasteiger partial charge is 0.305 e. The zero-order valence-corrected chi connectivity index (χ0v) is 19.0. The van der Waals surface area contributed by atoms with Crippen LogP contribution in [0.2, 0.25) is 0 Å². The molecule has 0 radical (unpaired) electrons. The van der Waals surface area contributed by atoms with Gasteiger partial charge in [-0.2, -0.15) is 0 Å². The van der Waals surface area contributed by atoms with Crippen LogP contribution in [0.3, 0.4) is 0 Å². The summed E-state index contributed by atoms with van der Waals surface area (Å²) in [6.07, 6.45) is 0.0714. The third-order valence-corrected chi connectivity index (χ3v) is 5.25. The summed E-state index contributed by atoms with van der Waals surface area (Å²) in [6.45, 7) is 5.38. The molecule has 0 heterocycles. The maximum atomic E-state index is 12.9. The number of benzene rings is 2. The molecule has 0 fully saturated rings. The molecular formula is C25H30N2O6. The number of hydrogen-bond acceptors (Lipinski definition) is 5. The van der Waals surface area contributed by atoms with Crippen LogP contribution in [-0.2, 0) is 19.2 Å². The van der Waals surface area contributed by atoms with Crippen LogP contribution in [0.5, 0.6) is 0 Å². The maximum absolute atomic E-state index is 12.9. The van der Waals surface area contributed by atoms with Gasteiger partial charge in [0.25, 0.3) is 5.91 Å². The number of nitrogens with one attached hydrogen (secondary N) is 2. The molecule has 0 spiro atoms. The van der Waals surface area contributed by atoms with E-state index in [2.05, 4.69) is 10.6 Å². The molecule has 2 rings (SSSR count). The number of amides is 2. The van der Waals surface area contributed by atoms with Crippen molar-refractivity contribution in [1.82, 2.24) is 10.6 Å². The number of carboxylic acid groups (broad SMARTS) is 1. The first kappa shape index (κ1) is 25.7. The van der Waals surface area contributed by atoms with E-state index < -0.39 is 36.3 Å². The molecule has 8 nitrogen and oxygen atoms in total. The van der Waals surface area contributed by atoms with Gasteiger partial charge in [0.15, 0.2) is 5.78 Å². The Morgan fingerprint density at radius 2 is 1.61 bits per heavy atom. The van der Waals surface area contributed by atoms with E-state index in [-0.39, 0.29) is 24.0 Å². The summed E-state index contributed by atoms with van der Waals surface area (Å²) in [5, 5.41) is 15.8. The third kappa shape index (κ3) is 7.82. The van der Waals surface area contributed by atoms with Gasteiger partial charge in [0.1, 0.15) is 6.29 Å². The Hall–Kier alpha value is -3.55. The van der Waals surface area contributed by atoms with Crippen LogP contribution < -0.4 is 10.6 Å². The average Bonchev–Trinajstić information content (AvgIpc) is 2.76. The molecule has 0 aliphatic rings. The molecule has 0 saturated carbocycles. The Labute approximate surface area is 192 Å². The van der Waals surface area contributed by atoms with Gasteiger partial charge in [-0.3, -0.25) is 19.2 Å². The zero-order valence-electron chi connectivity index (χ0n) is 19.0. The van der Waals surface area contributed by atoms with Crippen LogP contribution in [0.25, 0.3) is 10.8 Å². The summed E-state index contributed by atoms with van der Waals surface area (Å²) in [6, 6.07) is 11.0. The third-order valence-electron chi connectivity index (χ3n) is 5.25. The standard InChI is InChI=1S/C25H30N2O6/c1-15(2)10-21(22(29)11-16(3)24(32)26-20(14-28)13-23(30)31)27-25(33)19-9-8-17-6-4-5-7-18(17)12-19/h4-9,12,14-16,20-21H,10-11,13H2,1-3H3,(H,26,32)(H,27,33)(H,30,31)/t16?,20-,21-/m0/s1. The predicted molar refractivity (Wildman–Crippen MR) is 124 cm³/mol. The Morgan fingerprint density at radius 3 is 2.21 bits per heavy atom. The van der Waals surface area contributed by atoms with Gasteiger partial charge in [-0.1, -0.05) is 51.1 Å². The van der Waals surface area contributed by atoms with Crippen molar-refractivity contribution in [2.24, 2.45) is 11.8 Å². The van der Waals surface area contributed by atoms with Gasteiger partial charge in [0.2, 0.25) is 5.91 Å². The van der Waals surface area contributed by atoms with Crippen LogP contribution in [0.15, 0.2) is 42.5 Å². The molecule has 176 valence electrons. The Kier molecular flexibility index (Phi) is 9.27. The fraction of sp³-hybridized carbons (Fsp3) is 0.400. The van der Waals surface area contributed by atoms with Gasteiger partial charge >= 0.3 is 5.97 Å². The molecule has 0 bridgehead atoms. The average molecular weight is 455 g/mol. The maximum Gasteiger partial charge on any atom is 0.305 e. The van der Waals surface area contributed by atoms with E-state index in [4.69, 9.17) is 5.11 Å². The lowest BCUT2D eigenvalue weighted by Gasteiger charge is -2.22. The summed E-state index contributed by atoms with van der Waals surface area (Å²) in [5.74, 6) is -3.16. The molecule has 33 heavy (non-hydrogen) atoms. The van der Waals surface area contributed by atoms with E-state index >= 15 is 0 Å². The van der Waals surface area contributed by atoms with Crippen molar-refractivity contribution in [3.05, 3.63) is 48.0 Å². The number of ketones is 1. The number of aldehydes is 1. The van der Waals surface area contributed by atoms with Crippen molar-refractivity contribution in [2.45, 2.75) is 52.1 Å². The van der Waals surface area contributed by atoms with Crippen LogP contribution in [0, 0.1) is 11.8 Å². The second-order valence-electron chi connectivity index (χ2n) is 8.64.